The van der Waals surface area contributed by atoms with Crippen LogP contribution < -0.4 is 5.32 Å². The van der Waals surface area contributed by atoms with Crippen LogP contribution >= 0.6 is 0 Å². The highest BCUT2D eigenvalue weighted by atomic mass is 15.1. The van der Waals surface area contributed by atoms with Crippen molar-refractivity contribution < 1.29 is 0 Å². The fourth-order valence-electron chi connectivity index (χ4n) is 1.33. The highest BCUT2D eigenvalue weighted by Gasteiger charge is 1.99. The maximum atomic E-state index is 4.31. The van der Waals surface area contributed by atoms with Crippen LogP contribution in [0.1, 0.15) is 32.5 Å². The highest BCUT2D eigenvalue weighted by Crippen LogP contribution is 1.98. The number of nitrogens with one attached hydrogen (secondary N) is 1. The standard InChI is InChI=1S/C10H19N3/c1-3-5-11-9-10-12-6-8-13(10)7-4-2/h6,8,11H,3-5,7,9H2,1-2H3. The van der Waals surface area contributed by atoms with E-state index in [1.54, 1.807) is 0 Å². The summed E-state index contributed by atoms with van der Waals surface area (Å²) in [6, 6.07) is 0. The van der Waals surface area contributed by atoms with E-state index in [2.05, 4.69) is 28.7 Å². The normalized spacial score (nSPS) is 10.6. The largest absolute Gasteiger partial charge is 0.334 e. The van der Waals surface area contributed by atoms with Crippen molar-refractivity contribution in [2.45, 2.75) is 39.8 Å². The smallest absolute Gasteiger partial charge is 0.122 e. The third kappa shape index (κ3) is 3.19. The summed E-state index contributed by atoms with van der Waals surface area (Å²) in [5, 5.41) is 3.35. The van der Waals surface area contributed by atoms with Crippen LogP contribution in [0.5, 0.6) is 0 Å². The number of nitrogens with zero attached hydrogens (tertiary/aromatic N) is 2. The molecule has 0 spiro atoms. The van der Waals surface area contributed by atoms with Gasteiger partial charge in [0.2, 0.25) is 0 Å². The first-order valence-electron chi connectivity index (χ1n) is 5.09. The van der Waals surface area contributed by atoms with Crippen molar-refractivity contribution in [1.82, 2.24) is 14.9 Å². The summed E-state index contributed by atoms with van der Waals surface area (Å²) < 4.78 is 2.21. The SMILES string of the molecule is CCCNCc1nccn1CCC. The molecule has 0 radical (unpaired) electrons. The number of rotatable bonds is 6. The van der Waals surface area contributed by atoms with Gasteiger partial charge in [0.15, 0.2) is 0 Å². The van der Waals surface area contributed by atoms with Crippen LogP contribution in [0.25, 0.3) is 0 Å². The second kappa shape index (κ2) is 5.75. The molecule has 0 amide bonds. The van der Waals surface area contributed by atoms with E-state index in [0.717, 1.165) is 31.9 Å². The molecular formula is C10H19N3. The van der Waals surface area contributed by atoms with Crippen molar-refractivity contribution in [3.63, 3.8) is 0 Å². The molecule has 1 heterocycles. The Balaban J connectivity index is 2.40. The Hall–Kier alpha value is -0.830. The van der Waals surface area contributed by atoms with E-state index in [4.69, 9.17) is 0 Å². The Morgan fingerprint density at radius 1 is 1.38 bits per heavy atom. The highest BCUT2D eigenvalue weighted by molar-refractivity contribution is 4.91. The molecule has 0 aliphatic carbocycles. The lowest BCUT2D eigenvalue weighted by Crippen LogP contribution is -2.17. The first-order chi connectivity index (χ1) is 6.38. The van der Waals surface area contributed by atoms with Gasteiger partial charge in [0.1, 0.15) is 5.82 Å². The van der Waals surface area contributed by atoms with Crippen molar-refractivity contribution in [3.8, 4) is 0 Å². The van der Waals surface area contributed by atoms with E-state index in [1.807, 2.05) is 12.4 Å². The average Bonchev–Trinajstić information content (AvgIpc) is 2.54. The van der Waals surface area contributed by atoms with E-state index in [-0.39, 0.29) is 0 Å². The summed E-state index contributed by atoms with van der Waals surface area (Å²) >= 11 is 0. The third-order valence-corrected chi connectivity index (χ3v) is 1.98. The Labute approximate surface area is 80.2 Å². The lowest BCUT2D eigenvalue weighted by Gasteiger charge is -2.06. The van der Waals surface area contributed by atoms with Crippen LogP contribution in [0.4, 0.5) is 0 Å². The van der Waals surface area contributed by atoms with Gasteiger partial charge in [-0.2, -0.15) is 0 Å². The fraction of sp³-hybridized carbons (Fsp3) is 0.700. The molecule has 1 aromatic rings. The zero-order valence-electron chi connectivity index (χ0n) is 8.58. The van der Waals surface area contributed by atoms with Crippen molar-refractivity contribution in [3.05, 3.63) is 18.2 Å². The quantitative estimate of drug-likeness (QED) is 0.678. The minimum absolute atomic E-state index is 0.890. The zero-order chi connectivity index (χ0) is 9.52. The number of aromatic nitrogens is 2. The van der Waals surface area contributed by atoms with Gasteiger partial charge in [-0.15, -0.1) is 0 Å². The molecule has 0 bridgehead atoms. The maximum Gasteiger partial charge on any atom is 0.122 e. The Bertz CT molecular complexity index is 230. The van der Waals surface area contributed by atoms with E-state index >= 15 is 0 Å². The van der Waals surface area contributed by atoms with Gasteiger partial charge in [0.05, 0.1) is 6.54 Å². The summed E-state index contributed by atoms with van der Waals surface area (Å²) in [7, 11) is 0. The molecule has 74 valence electrons. The predicted octanol–water partition coefficient (Wildman–Crippen LogP) is 1.79. The van der Waals surface area contributed by atoms with Gasteiger partial charge in [0.25, 0.3) is 0 Å². The molecule has 0 saturated carbocycles. The van der Waals surface area contributed by atoms with Gasteiger partial charge >= 0.3 is 0 Å². The molecule has 3 heteroatoms. The molecule has 1 aromatic heterocycles. The molecule has 13 heavy (non-hydrogen) atoms. The van der Waals surface area contributed by atoms with E-state index in [0.29, 0.717) is 0 Å². The minimum Gasteiger partial charge on any atom is -0.334 e. The van der Waals surface area contributed by atoms with Crippen molar-refractivity contribution in [2.75, 3.05) is 6.54 Å². The molecule has 1 rings (SSSR count). The van der Waals surface area contributed by atoms with Gasteiger partial charge in [0, 0.05) is 18.9 Å². The Morgan fingerprint density at radius 3 is 2.92 bits per heavy atom. The third-order valence-electron chi connectivity index (χ3n) is 1.98. The van der Waals surface area contributed by atoms with E-state index < -0.39 is 0 Å². The molecule has 0 aliphatic heterocycles. The van der Waals surface area contributed by atoms with Crippen molar-refractivity contribution in [1.29, 1.82) is 0 Å². The molecule has 0 aromatic carbocycles. The van der Waals surface area contributed by atoms with Crippen molar-refractivity contribution in [2.24, 2.45) is 0 Å². The van der Waals surface area contributed by atoms with Crippen LogP contribution in [-0.4, -0.2) is 16.1 Å². The number of hydrogen-bond donors (Lipinski definition) is 1. The molecule has 0 aliphatic rings. The topological polar surface area (TPSA) is 29.9 Å². The second-order valence-electron chi connectivity index (χ2n) is 3.21. The first-order valence-corrected chi connectivity index (χ1v) is 5.09. The molecular weight excluding hydrogens is 162 g/mol. The average molecular weight is 181 g/mol. The second-order valence-corrected chi connectivity index (χ2v) is 3.21. The van der Waals surface area contributed by atoms with Crippen LogP contribution in [0, 0.1) is 0 Å². The van der Waals surface area contributed by atoms with Gasteiger partial charge in [-0.25, -0.2) is 4.98 Å². The molecule has 0 saturated heterocycles. The Kier molecular flexibility index (Phi) is 4.54. The minimum atomic E-state index is 0.890. The first kappa shape index (κ1) is 10.3. The monoisotopic (exact) mass is 181 g/mol. The van der Waals surface area contributed by atoms with Crippen LogP contribution in [0.15, 0.2) is 12.4 Å². The predicted molar refractivity (Wildman–Crippen MR) is 54.5 cm³/mol. The molecule has 0 atom stereocenters. The number of imidazole rings is 1. The summed E-state index contributed by atoms with van der Waals surface area (Å²) in [4.78, 5) is 4.31. The van der Waals surface area contributed by atoms with E-state index in [1.165, 1.54) is 6.42 Å². The molecule has 0 unspecified atom stereocenters. The summed E-state index contributed by atoms with van der Waals surface area (Å²) in [6.07, 6.45) is 6.26. The van der Waals surface area contributed by atoms with Gasteiger partial charge in [-0.05, 0) is 19.4 Å². The number of hydrogen-bond acceptors (Lipinski definition) is 2. The lowest BCUT2D eigenvalue weighted by molar-refractivity contribution is 0.586. The van der Waals surface area contributed by atoms with Gasteiger partial charge < -0.3 is 9.88 Å². The number of aryl methyl sites for hydroxylation is 1. The summed E-state index contributed by atoms with van der Waals surface area (Å²) in [5.41, 5.74) is 0. The maximum absolute atomic E-state index is 4.31. The van der Waals surface area contributed by atoms with Gasteiger partial charge in [-0.1, -0.05) is 13.8 Å². The molecule has 0 fully saturated rings. The summed E-state index contributed by atoms with van der Waals surface area (Å²) in [6.45, 7) is 7.39. The fourth-order valence-corrected chi connectivity index (χ4v) is 1.33. The van der Waals surface area contributed by atoms with Crippen LogP contribution in [0.2, 0.25) is 0 Å². The van der Waals surface area contributed by atoms with Crippen LogP contribution in [0.3, 0.4) is 0 Å². The summed E-state index contributed by atoms with van der Waals surface area (Å²) in [5.74, 6) is 1.15. The van der Waals surface area contributed by atoms with Crippen LogP contribution in [-0.2, 0) is 13.1 Å². The Morgan fingerprint density at radius 2 is 2.23 bits per heavy atom. The molecule has 3 nitrogen and oxygen atoms in total. The van der Waals surface area contributed by atoms with Crippen molar-refractivity contribution >= 4 is 0 Å². The molecule has 1 N–H and O–H groups in total. The zero-order valence-corrected chi connectivity index (χ0v) is 8.58. The van der Waals surface area contributed by atoms with Gasteiger partial charge in [-0.3, -0.25) is 0 Å². The lowest BCUT2D eigenvalue weighted by atomic mass is 10.4. The van der Waals surface area contributed by atoms with E-state index in [9.17, 15) is 0 Å².